The van der Waals surface area contributed by atoms with Gasteiger partial charge in [0.2, 0.25) is 5.91 Å². The van der Waals surface area contributed by atoms with Crippen molar-refractivity contribution in [2.45, 2.75) is 25.9 Å². The van der Waals surface area contributed by atoms with Gasteiger partial charge in [-0.3, -0.25) is 10.1 Å². The molecule has 1 amide bonds. The van der Waals surface area contributed by atoms with Gasteiger partial charge in [-0.25, -0.2) is 0 Å². The van der Waals surface area contributed by atoms with Gasteiger partial charge in [-0.05, 0) is 19.9 Å². The van der Waals surface area contributed by atoms with Crippen LogP contribution < -0.4 is 5.32 Å². The molecule has 0 saturated carbocycles. The number of furan rings is 1. The molecule has 0 radical (unpaired) electrons. The number of hydrogen-bond acceptors (Lipinski definition) is 4. The molecule has 2 heterocycles. The van der Waals surface area contributed by atoms with E-state index < -0.39 is 0 Å². The zero-order valence-corrected chi connectivity index (χ0v) is 10.9. The average molecular weight is 252 g/mol. The fourth-order valence-electron chi connectivity index (χ4n) is 2.12. The molecule has 0 bridgehead atoms. The number of hydrogen-bond donors (Lipinski definition) is 1. The molecule has 0 aromatic carbocycles. The first-order valence-electron chi connectivity index (χ1n) is 6.33. The van der Waals surface area contributed by atoms with Crippen LogP contribution in [0.25, 0.3) is 0 Å². The molecular formula is C13H20N2O3. The Labute approximate surface area is 107 Å². The normalized spacial score (nSPS) is 19.6. The van der Waals surface area contributed by atoms with Crippen molar-refractivity contribution >= 4 is 5.91 Å². The zero-order chi connectivity index (χ0) is 13.0. The third kappa shape index (κ3) is 3.11. The molecule has 1 aliphatic heterocycles. The van der Waals surface area contributed by atoms with Crippen LogP contribution in [-0.4, -0.2) is 43.2 Å². The van der Waals surface area contributed by atoms with Crippen molar-refractivity contribution in [1.82, 2.24) is 10.2 Å². The molecule has 1 aromatic rings. The SMILES string of the molecule is CC(NC(C)c1ccoc1)C(=O)N1CCOCC1. The Morgan fingerprint density at radius 3 is 2.72 bits per heavy atom. The highest BCUT2D eigenvalue weighted by atomic mass is 16.5. The van der Waals surface area contributed by atoms with Crippen LogP contribution in [0.1, 0.15) is 25.5 Å². The van der Waals surface area contributed by atoms with E-state index in [0.717, 1.165) is 5.56 Å². The van der Waals surface area contributed by atoms with Crippen molar-refractivity contribution in [1.29, 1.82) is 0 Å². The third-order valence-electron chi connectivity index (χ3n) is 3.24. The predicted molar refractivity (Wildman–Crippen MR) is 67.1 cm³/mol. The molecule has 5 nitrogen and oxygen atoms in total. The highest BCUT2D eigenvalue weighted by Crippen LogP contribution is 2.13. The van der Waals surface area contributed by atoms with Gasteiger partial charge in [-0.1, -0.05) is 0 Å². The van der Waals surface area contributed by atoms with Gasteiger partial charge in [0.1, 0.15) is 0 Å². The van der Waals surface area contributed by atoms with Crippen molar-refractivity contribution in [2.75, 3.05) is 26.3 Å². The van der Waals surface area contributed by atoms with Crippen LogP contribution in [-0.2, 0) is 9.53 Å². The summed E-state index contributed by atoms with van der Waals surface area (Å²) in [6.07, 6.45) is 3.34. The number of morpholine rings is 1. The van der Waals surface area contributed by atoms with E-state index in [0.29, 0.717) is 26.3 Å². The highest BCUT2D eigenvalue weighted by molar-refractivity contribution is 5.81. The molecule has 1 fully saturated rings. The van der Waals surface area contributed by atoms with Gasteiger partial charge >= 0.3 is 0 Å². The average Bonchev–Trinajstić information content (AvgIpc) is 2.92. The van der Waals surface area contributed by atoms with Gasteiger partial charge in [0.15, 0.2) is 0 Å². The maximum absolute atomic E-state index is 12.2. The fraction of sp³-hybridized carbons (Fsp3) is 0.615. The molecule has 1 aromatic heterocycles. The van der Waals surface area contributed by atoms with Crippen molar-refractivity contribution in [2.24, 2.45) is 0 Å². The molecular weight excluding hydrogens is 232 g/mol. The second-order valence-electron chi connectivity index (χ2n) is 4.60. The van der Waals surface area contributed by atoms with Gasteiger partial charge in [0, 0.05) is 24.7 Å². The van der Waals surface area contributed by atoms with E-state index in [9.17, 15) is 4.79 Å². The van der Waals surface area contributed by atoms with Crippen LogP contribution in [0.5, 0.6) is 0 Å². The van der Waals surface area contributed by atoms with E-state index >= 15 is 0 Å². The summed E-state index contributed by atoms with van der Waals surface area (Å²) >= 11 is 0. The number of carbonyl (C=O) groups is 1. The number of nitrogens with one attached hydrogen (secondary N) is 1. The molecule has 2 rings (SSSR count). The number of ether oxygens (including phenoxy) is 1. The maximum Gasteiger partial charge on any atom is 0.239 e. The quantitative estimate of drug-likeness (QED) is 0.874. The third-order valence-corrected chi connectivity index (χ3v) is 3.24. The molecule has 5 heteroatoms. The Bertz CT molecular complexity index is 372. The molecule has 1 saturated heterocycles. The Kier molecular flexibility index (Phi) is 4.38. The number of nitrogens with zero attached hydrogens (tertiary/aromatic N) is 1. The first-order chi connectivity index (χ1) is 8.68. The first-order valence-corrected chi connectivity index (χ1v) is 6.33. The molecule has 100 valence electrons. The van der Waals surface area contributed by atoms with E-state index in [1.807, 2.05) is 24.8 Å². The minimum absolute atomic E-state index is 0.101. The molecule has 0 aliphatic carbocycles. The molecule has 1 N–H and O–H groups in total. The summed E-state index contributed by atoms with van der Waals surface area (Å²) in [6.45, 7) is 6.56. The molecule has 2 unspecified atom stereocenters. The largest absolute Gasteiger partial charge is 0.472 e. The summed E-state index contributed by atoms with van der Waals surface area (Å²) in [5.41, 5.74) is 1.05. The monoisotopic (exact) mass is 252 g/mol. The smallest absolute Gasteiger partial charge is 0.239 e. The minimum atomic E-state index is -0.201. The van der Waals surface area contributed by atoms with Gasteiger partial charge < -0.3 is 14.1 Å². The first kappa shape index (κ1) is 13.1. The van der Waals surface area contributed by atoms with Crippen molar-refractivity contribution < 1.29 is 13.9 Å². The maximum atomic E-state index is 12.2. The lowest BCUT2D eigenvalue weighted by atomic mass is 10.1. The Balaban J connectivity index is 1.86. The van der Waals surface area contributed by atoms with Crippen LogP contribution in [0.15, 0.2) is 23.0 Å². The Morgan fingerprint density at radius 1 is 1.39 bits per heavy atom. The van der Waals surface area contributed by atoms with Crippen molar-refractivity contribution in [3.8, 4) is 0 Å². The summed E-state index contributed by atoms with van der Waals surface area (Å²) in [4.78, 5) is 14.0. The minimum Gasteiger partial charge on any atom is -0.472 e. The Hall–Kier alpha value is -1.33. The van der Waals surface area contributed by atoms with E-state index in [4.69, 9.17) is 9.15 Å². The zero-order valence-electron chi connectivity index (χ0n) is 10.9. The summed E-state index contributed by atoms with van der Waals surface area (Å²) in [6, 6.07) is 1.81. The van der Waals surface area contributed by atoms with E-state index in [-0.39, 0.29) is 18.0 Å². The second-order valence-corrected chi connectivity index (χ2v) is 4.60. The van der Waals surface area contributed by atoms with Crippen LogP contribution >= 0.6 is 0 Å². The van der Waals surface area contributed by atoms with Gasteiger partial charge in [-0.2, -0.15) is 0 Å². The second kappa shape index (κ2) is 6.02. The number of carbonyl (C=O) groups excluding carboxylic acids is 1. The molecule has 18 heavy (non-hydrogen) atoms. The van der Waals surface area contributed by atoms with Gasteiger partial charge in [0.05, 0.1) is 31.8 Å². The highest BCUT2D eigenvalue weighted by Gasteiger charge is 2.23. The van der Waals surface area contributed by atoms with Crippen LogP contribution in [0.3, 0.4) is 0 Å². The summed E-state index contributed by atoms with van der Waals surface area (Å²) < 4.78 is 10.3. The standard InChI is InChI=1S/C13H20N2O3/c1-10(12-3-6-18-9-12)14-11(2)13(16)15-4-7-17-8-5-15/h3,6,9-11,14H,4-5,7-8H2,1-2H3. The van der Waals surface area contributed by atoms with E-state index in [1.54, 1.807) is 12.5 Å². The van der Waals surface area contributed by atoms with Gasteiger partial charge in [-0.15, -0.1) is 0 Å². The lowest BCUT2D eigenvalue weighted by Gasteiger charge is -2.30. The number of amides is 1. The Morgan fingerprint density at radius 2 is 2.11 bits per heavy atom. The van der Waals surface area contributed by atoms with Crippen LogP contribution in [0.4, 0.5) is 0 Å². The lowest BCUT2D eigenvalue weighted by Crippen LogP contribution is -2.49. The van der Waals surface area contributed by atoms with E-state index in [2.05, 4.69) is 5.32 Å². The molecule has 0 spiro atoms. The predicted octanol–water partition coefficient (Wildman–Crippen LogP) is 1.18. The summed E-state index contributed by atoms with van der Waals surface area (Å²) in [5, 5.41) is 3.29. The van der Waals surface area contributed by atoms with Gasteiger partial charge in [0.25, 0.3) is 0 Å². The fourth-order valence-corrected chi connectivity index (χ4v) is 2.12. The van der Waals surface area contributed by atoms with Crippen molar-refractivity contribution in [3.05, 3.63) is 24.2 Å². The summed E-state index contributed by atoms with van der Waals surface area (Å²) in [7, 11) is 0. The number of rotatable bonds is 4. The van der Waals surface area contributed by atoms with Crippen molar-refractivity contribution in [3.63, 3.8) is 0 Å². The van der Waals surface area contributed by atoms with Crippen LogP contribution in [0, 0.1) is 0 Å². The molecule has 2 atom stereocenters. The summed E-state index contributed by atoms with van der Waals surface area (Å²) in [5.74, 6) is 0.133. The van der Waals surface area contributed by atoms with E-state index in [1.165, 1.54) is 0 Å². The molecule has 1 aliphatic rings. The van der Waals surface area contributed by atoms with Crippen LogP contribution in [0.2, 0.25) is 0 Å². The topological polar surface area (TPSA) is 54.7 Å². The lowest BCUT2D eigenvalue weighted by molar-refractivity contribution is -0.137.